The lowest BCUT2D eigenvalue weighted by Gasteiger charge is -2.21. The molecule has 4 aromatic rings. The van der Waals surface area contributed by atoms with Gasteiger partial charge in [-0.3, -0.25) is 0 Å². The number of hydrogen-bond donors (Lipinski definition) is 0. The van der Waals surface area contributed by atoms with E-state index in [9.17, 15) is 0 Å². The summed E-state index contributed by atoms with van der Waals surface area (Å²) < 4.78 is 0. The van der Waals surface area contributed by atoms with Crippen molar-refractivity contribution < 1.29 is 0 Å². The fraction of sp³-hybridized carbons (Fsp3) is 0.111. The molecule has 0 N–H and O–H groups in total. The van der Waals surface area contributed by atoms with E-state index in [1.165, 1.54) is 27.8 Å². The average Bonchev–Trinajstić information content (AvgIpc) is 2.96. The van der Waals surface area contributed by atoms with Crippen LogP contribution in [0.1, 0.15) is 25.0 Å². The lowest BCUT2D eigenvalue weighted by atomic mass is 9.82. The van der Waals surface area contributed by atoms with Gasteiger partial charge in [0.05, 0.1) is 0 Å². The van der Waals surface area contributed by atoms with Gasteiger partial charge < -0.3 is 0 Å². The Morgan fingerprint density at radius 2 is 1.18 bits per heavy atom. The SMILES string of the molecule is CC1(C)c2ccccc2-c2cc(-c3ccc(-c4ccccc4)c(Cl)c3)ccc21. The van der Waals surface area contributed by atoms with E-state index in [1.54, 1.807) is 0 Å². The number of halogens is 1. The summed E-state index contributed by atoms with van der Waals surface area (Å²) in [5.41, 5.74) is 10.1. The van der Waals surface area contributed by atoms with Crippen LogP contribution >= 0.6 is 11.6 Å². The molecule has 0 aliphatic heterocycles. The fourth-order valence-corrected chi connectivity index (χ4v) is 4.74. The van der Waals surface area contributed by atoms with Crippen molar-refractivity contribution in [3.63, 3.8) is 0 Å². The van der Waals surface area contributed by atoms with Crippen molar-refractivity contribution >= 4 is 11.6 Å². The van der Waals surface area contributed by atoms with Crippen LogP contribution in [0, 0.1) is 0 Å². The van der Waals surface area contributed by atoms with Gasteiger partial charge in [0.2, 0.25) is 0 Å². The van der Waals surface area contributed by atoms with Gasteiger partial charge in [-0.1, -0.05) is 104 Å². The van der Waals surface area contributed by atoms with E-state index in [4.69, 9.17) is 11.6 Å². The van der Waals surface area contributed by atoms with Crippen LogP contribution in [0.25, 0.3) is 33.4 Å². The summed E-state index contributed by atoms with van der Waals surface area (Å²) in [6, 6.07) is 32.2. The second-order valence-corrected chi connectivity index (χ2v) is 8.40. The molecule has 1 aliphatic rings. The van der Waals surface area contributed by atoms with Crippen molar-refractivity contribution in [3.05, 3.63) is 107 Å². The molecule has 0 radical (unpaired) electrons. The number of fused-ring (bicyclic) bond motifs is 3. The van der Waals surface area contributed by atoms with Gasteiger partial charge in [-0.25, -0.2) is 0 Å². The van der Waals surface area contributed by atoms with Crippen LogP contribution in [0.4, 0.5) is 0 Å². The van der Waals surface area contributed by atoms with Gasteiger partial charge in [-0.15, -0.1) is 0 Å². The smallest absolute Gasteiger partial charge is 0.0490 e. The number of hydrogen-bond acceptors (Lipinski definition) is 0. The Hall–Kier alpha value is -2.83. The summed E-state index contributed by atoms with van der Waals surface area (Å²) in [5.74, 6) is 0. The molecule has 0 nitrogen and oxygen atoms in total. The summed E-state index contributed by atoms with van der Waals surface area (Å²) in [5, 5.41) is 0.782. The van der Waals surface area contributed by atoms with Crippen molar-refractivity contribution in [1.82, 2.24) is 0 Å². The van der Waals surface area contributed by atoms with Gasteiger partial charge in [-0.2, -0.15) is 0 Å². The number of benzene rings is 4. The molecule has 1 aliphatic carbocycles. The monoisotopic (exact) mass is 380 g/mol. The highest BCUT2D eigenvalue weighted by molar-refractivity contribution is 6.33. The lowest BCUT2D eigenvalue weighted by Crippen LogP contribution is -2.14. The molecular weight excluding hydrogens is 360 g/mol. The summed E-state index contributed by atoms with van der Waals surface area (Å²) in [4.78, 5) is 0. The minimum atomic E-state index is 0.0409. The van der Waals surface area contributed by atoms with Crippen LogP contribution in [0.15, 0.2) is 91.0 Å². The summed E-state index contributed by atoms with van der Waals surface area (Å²) >= 11 is 6.66. The molecule has 4 aromatic carbocycles. The zero-order chi connectivity index (χ0) is 19.3. The Bertz CT molecular complexity index is 1190. The Morgan fingerprint density at radius 1 is 0.536 bits per heavy atom. The maximum Gasteiger partial charge on any atom is 0.0490 e. The van der Waals surface area contributed by atoms with E-state index < -0.39 is 0 Å². The Labute approximate surface area is 171 Å². The van der Waals surface area contributed by atoms with E-state index >= 15 is 0 Å². The third-order valence-electron chi connectivity index (χ3n) is 5.97. The highest BCUT2D eigenvalue weighted by Gasteiger charge is 2.35. The molecule has 0 atom stereocenters. The van der Waals surface area contributed by atoms with Crippen LogP contribution in [0.2, 0.25) is 5.02 Å². The van der Waals surface area contributed by atoms with E-state index in [2.05, 4.69) is 86.6 Å². The van der Waals surface area contributed by atoms with Crippen molar-refractivity contribution in [1.29, 1.82) is 0 Å². The highest BCUT2D eigenvalue weighted by atomic mass is 35.5. The van der Waals surface area contributed by atoms with E-state index in [0.717, 1.165) is 21.7 Å². The molecule has 0 saturated heterocycles. The first kappa shape index (κ1) is 17.3. The zero-order valence-electron chi connectivity index (χ0n) is 16.0. The lowest BCUT2D eigenvalue weighted by molar-refractivity contribution is 0.660. The highest BCUT2D eigenvalue weighted by Crippen LogP contribution is 2.49. The van der Waals surface area contributed by atoms with Crippen molar-refractivity contribution in [3.8, 4) is 33.4 Å². The second-order valence-electron chi connectivity index (χ2n) is 7.99. The van der Waals surface area contributed by atoms with Crippen molar-refractivity contribution in [2.45, 2.75) is 19.3 Å². The minimum absolute atomic E-state index is 0.0409. The predicted molar refractivity (Wildman–Crippen MR) is 120 cm³/mol. The molecular formula is C27H21Cl. The molecule has 28 heavy (non-hydrogen) atoms. The van der Waals surface area contributed by atoms with Crippen molar-refractivity contribution in [2.24, 2.45) is 0 Å². The van der Waals surface area contributed by atoms with Gasteiger partial charge in [0.25, 0.3) is 0 Å². The van der Waals surface area contributed by atoms with Crippen LogP contribution in [0.5, 0.6) is 0 Å². The first-order chi connectivity index (χ1) is 13.6. The summed E-state index contributed by atoms with van der Waals surface area (Å²) in [6.07, 6.45) is 0. The van der Waals surface area contributed by atoms with Crippen molar-refractivity contribution in [2.75, 3.05) is 0 Å². The fourth-order valence-electron chi connectivity index (χ4n) is 4.45. The largest absolute Gasteiger partial charge is 0.0836 e. The topological polar surface area (TPSA) is 0 Å². The summed E-state index contributed by atoms with van der Waals surface area (Å²) in [7, 11) is 0. The molecule has 0 amide bonds. The van der Waals surface area contributed by atoms with Gasteiger partial charge >= 0.3 is 0 Å². The van der Waals surface area contributed by atoms with E-state index in [1.807, 2.05) is 18.2 Å². The third kappa shape index (κ3) is 2.60. The van der Waals surface area contributed by atoms with Gasteiger partial charge in [0.1, 0.15) is 0 Å². The Balaban J connectivity index is 1.61. The van der Waals surface area contributed by atoms with Gasteiger partial charge in [-0.05, 0) is 51.1 Å². The van der Waals surface area contributed by atoms with Crippen LogP contribution in [-0.2, 0) is 5.41 Å². The molecule has 0 spiro atoms. The van der Waals surface area contributed by atoms with E-state index in [0.29, 0.717) is 0 Å². The van der Waals surface area contributed by atoms with Gasteiger partial charge in [0, 0.05) is 16.0 Å². The molecule has 0 fully saturated rings. The second kappa shape index (κ2) is 6.36. The Kier molecular flexibility index (Phi) is 3.92. The molecule has 0 saturated carbocycles. The third-order valence-corrected chi connectivity index (χ3v) is 6.28. The minimum Gasteiger partial charge on any atom is -0.0836 e. The predicted octanol–water partition coefficient (Wildman–Crippen LogP) is 7.98. The molecule has 0 heterocycles. The first-order valence-corrected chi connectivity index (χ1v) is 10.0. The average molecular weight is 381 g/mol. The molecule has 136 valence electrons. The standard InChI is InChI=1S/C27H21Cl/c1-27(2)24-11-7-6-10-22(24)23-16-19(13-15-25(23)27)20-12-14-21(26(28)17-20)18-8-4-3-5-9-18/h3-17H,1-2H3. The molecule has 0 aromatic heterocycles. The first-order valence-electron chi connectivity index (χ1n) is 9.65. The van der Waals surface area contributed by atoms with Gasteiger partial charge in [0.15, 0.2) is 0 Å². The number of rotatable bonds is 2. The quantitative estimate of drug-likeness (QED) is 0.330. The molecule has 0 bridgehead atoms. The van der Waals surface area contributed by atoms with E-state index in [-0.39, 0.29) is 5.41 Å². The molecule has 5 rings (SSSR count). The normalized spacial score (nSPS) is 13.8. The maximum absolute atomic E-state index is 6.66. The summed E-state index contributed by atoms with van der Waals surface area (Å²) in [6.45, 7) is 4.62. The molecule has 1 heteroatoms. The van der Waals surface area contributed by atoms with Crippen LogP contribution in [-0.4, -0.2) is 0 Å². The Morgan fingerprint density at radius 3 is 1.96 bits per heavy atom. The maximum atomic E-state index is 6.66. The van der Waals surface area contributed by atoms with Crippen LogP contribution in [0.3, 0.4) is 0 Å². The zero-order valence-corrected chi connectivity index (χ0v) is 16.8. The van der Waals surface area contributed by atoms with Crippen LogP contribution < -0.4 is 0 Å². The molecule has 0 unspecified atom stereocenters.